The van der Waals surface area contributed by atoms with Crippen LogP contribution in [0.1, 0.15) is 5.56 Å². The minimum atomic E-state index is -0.394. The summed E-state index contributed by atoms with van der Waals surface area (Å²) in [7, 11) is 0. The fourth-order valence-electron chi connectivity index (χ4n) is 1.78. The fourth-order valence-corrected chi connectivity index (χ4v) is 2.13. The average Bonchev–Trinajstić information content (AvgIpc) is 2.88. The molecule has 0 N–H and O–H groups in total. The quantitative estimate of drug-likeness (QED) is 0.790. The third kappa shape index (κ3) is 2.51. The van der Waals surface area contributed by atoms with E-state index in [9.17, 15) is 4.39 Å². The largest absolute Gasteiger partial charge is 0.454 e. The molecule has 3 nitrogen and oxygen atoms in total. The molecule has 5 heteroatoms. The van der Waals surface area contributed by atoms with Crippen molar-refractivity contribution in [2.24, 2.45) is 0 Å². The summed E-state index contributed by atoms with van der Waals surface area (Å²) in [4.78, 5) is 0. The Bertz CT molecular complexity index is 616. The summed E-state index contributed by atoms with van der Waals surface area (Å²) in [6.07, 6.45) is 0. The predicted molar refractivity (Wildman–Crippen MR) is 71.7 cm³/mol. The van der Waals surface area contributed by atoms with Crippen LogP contribution in [0.5, 0.6) is 23.0 Å². The van der Waals surface area contributed by atoms with E-state index >= 15 is 0 Å². The number of ether oxygens (including phenoxy) is 3. The Morgan fingerprint density at radius 2 is 1.95 bits per heavy atom. The minimum absolute atomic E-state index is 0.184. The molecule has 0 amide bonds. The highest BCUT2D eigenvalue weighted by Crippen LogP contribution is 2.37. The lowest BCUT2D eigenvalue weighted by Gasteiger charge is -2.08. The fraction of sp³-hybridized carbons (Fsp3) is 0.143. The number of hydrogen-bond acceptors (Lipinski definition) is 3. The lowest BCUT2D eigenvalue weighted by Crippen LogP contribution is -1.93. The first-order valence-electron chi connectivity index (χ1n) is 5.68. The van der Waals surface area contributed by atoms with E-state index in [-0.39, 0.29) is 12.5 Å². The lowest BCUT2D eigenvalue weighted by atomic mass is 10.2. The molecule has 0 aliphatic carbocycles. The van der Waals surface area contributed by atoms with Gasteiger partial charge < -0.3 is 14.2 Å². The molecule has 0 unspecified atom stereocenters. The van der Waals surface area contributed by atoms with Crippen molar-refractivity contribution in [1.82, 2.24) is 0 Å². The van der Waals surface area contributed by atoms with E-state index in [0.717, 1.165) is 5.56 Å². The highest BCUT2D eigenvalue weighted by molar-refractivity contribution is 9.08. The van der Waals surface area contributed by atoms with Crippen LogP contribution in [0, 0.1) is 5.82 Å². The maximum absolute atomic E-state index is 13.8. The van der Waals surface area contributed by atoms with Crippen LogP contribution in [-0.4, -0.2) is 6.79 Å². The van der Waals surface area contributed by atoms with Gasteiger partial charge in [0.25, 0.3) is 0 Å². The molecule has 2 aromatic carbocycles. The molecule has 0 fully saturated rings. The summed E-state index contributed by atoms with van der Waals surface area (Å²) in [6, 6.07) is 9.99. The standard InChI is InChI=1S/C14H10BrFO3/c15-7-9-1-3-12(11(16)5-9)19-10-2-4-13-14(6-10)18-8-17-13/h1-6H,7-8H2. The van der Waals surface area contributed by atoms with E-state index in [1.165, 1.54) is 6.07 Å². The van der Waals surface area contributed by atoms with E-state index in [1.807, 2.05) is 0 Å². The zero-order valence-electron chi connectivity index (χ0n) is 9.86. The SMILES string of the molecule is Fc1cc(CBr)ccc1Oc1ccc2c(c1)OCO2. The number of benzene rings is 2. The van der Waals surface area contributed by atoms with E-state index in [1.54, 1.807) is 30.3 Å². The molecule has 0 bridgehead atoms. The Kier molecular flexibility index (Phi) is 3.29. The van der Waals surface area contributed by atoms with Crippen molar-refractivity contribution in [3.8, 4) is 23.0 Å². The summed E-state index contributed by atoms with van der Waals surface area (Å²) in [5, 5.41) is 0.605. The van der Waals surface area contributed by atoms with Crippen molar-refractivity contribution in [1.29, 1.82) is 0 Å². The van der Waals surface area contributed by atoms with Crippen LogP contribution in [0.3, 0.4) is 0 Å². The van der Waals surface area contributed by atoms with E-state index in [0.29, 0.717) is 22.6 Å². The second kappa shape index (κ2) is 5.09. The summed E-state index contributed by atoms with van der Waals surface area (Å²) in [5.41, 5.74) is 0.857. The zero-order chi connectivity index (χ0) is 13.2. The van der Waals surface area contributed by atoms with Crippen LogP contribution in [0.25, 0.3) is 0 Å². The van der Waals surface area contributed by atoms with Gasteiger partial charge in [0.1, 0.15) is 5.75 Å². The van der Waals surface area contributed by atoms with E-state index < -0.39 is 5.82 Å². The Hall–Kier alpha value is -1.75. The molecule has 1 aliphatic heterocycles. The highest BCUT2D eigenvalue weighted by atomic mass is 79.9. The van der Waals surface area contributed by atoms with Gasteiger partial charge in [0.05, 0.1) is 0 Å². The summed E-state index contributed by atoms with van der Waals surface area (Å²) < 4.78 is 29.7. The van der Waals surface area contributed by atoms with Crippen molar-refractivity contribution in [2.45, 2.75) is 5.33 Å². The normalized spacial score (nSPS) is 12.5. The Labute approximate surface area is 118 Å². The Morgan fingerprint density at radius 3 is 2.74 bits per heavy atom. The van der Waals surface area contributed by atoms with Crippen molar-refractivity contribution < 1.29 is 18.6 Å². The summed E-state index contributed by atoms with van der Waals surface area (Å²) in [6.45, 7) is 0.201. The van der Waals surface area contributed by atoms with Crippen molar-refractivity contribution in [3.05, 3.63) is 47.8 Å². The minimum Gasteiger partial charge on any atom is -0.454 e. The highest BCUT2D eigenvalue weighted by Gasteiger charge is 2.14. The number of fused-ring (bicyclic) bond motifs is 1. The van der Waals surface area contributed by atoms with Crippen LogP contribution < -0.4 is 14.2 Å². The molecule has 0 saturated carbocycles. The summed E-state index contributed by atoms with van der Waals surface area (Å²) >= 11 is 3.28. The lowest BCUT2D eigenvalue weighted by molar-refractivity contribution is 0.174. The van der Waals surface area contributed by atoms with Gasteiger partial charge in [-0.25, -0.2) is 4.39 Å². The smallest absolute Gasteiger partial charge is 0.231 e. The maximum atomic E-state index is 13.8. The molecule has 0 aromatic heterocycles. The molecule has 0 saturated heterocycles. The zero-order valence-corrected chi connectivity index (χ0v) is 11.4. The first-order valence-corrected chi connectivity index (χ1v) is 6.80. The van der Waals surface area contributed by atoms with Gasteiger partial charge >= 0.3 is 0 Å². The molecular formula is C14H10BrFO3. The third-order valence-electron chi connectivity index (χ3n) is 2.72. The first kappa shape index (κ1) is 12.3. The van der Waals surface area contributed by atoms with E-state index in [4.69, 9.17) is 14.2 Å². The maximum Gasteiger partial charge on any atom is 0.231 e. The molecule has 19 heavy (non-hydrogen) atoms. The number of alkyl halides is 1. The number of rotatable bonds is 3. The van der Waals surface area contributed by atoms with Crippen molar-refractivity contribution in [3.63, 3.8) is 0 Å². The van der Waals surface area contributed by atoms with Gasteiger partial charge in [0.15, 0.2) is 23.1 Å². The summed E-state index contributed by atoms with van der Waals surface area (Å²) in [5.74, 6) is 1.57. The van der Waals surface area contributed by atoms with Gasteiger partial charge in [0, 0.05) is 11.4 Å². The topological polar surface area (TPSA) is 27.7 Å². The van der Waals surface area contributed by atoms with Crippen molar-refractivity contribution >= 4 is 15.9 Å². The molecule has 2 aromatic rings. The Morgan fingerprint density at radius 1 is 1.11 bits per heavy atom. The van der Waals surface area contributed by atoms with Gasteiger partial charge in [0.2, 0.25) is 6.79 Å². The van der Waals surface area contributed by atoms with Crippen LogP contribution in [0.2, 0.25) is 0 Å². The van der Waals surface area contributed by atoms with Crippen molar-refractivity contribution in [2.75, 3.05) is 6.79 Å². The van der Waals surface area contributed by atoms with Gasteiger partial charge in [-0.3, -0.25) is 0 Å². The van der Waals surface area contributed by atoms with Gasteiger partial charge in [-0.15, -0.1) is 0 Å². The molecule has 0 radical (unpaired) electrons. The van der Waals surface area contributed by atoms with E-state index in [2.05, 4.69) is 15.9 Å². The molecular weight excluding hydrogens is 315 g/mol. The number of hydrogen-bond donors (Lipinski definition) is 0. The molecule has 0 spiro atoms. The van der Waals surface area contributed by atoms with Gasteiger partial charge in [-0.2, -0.15) is 0 Å². The predicted octanol–water partition coefficient (Wildman–Crippen LogP) is 4.24. The average molecular weight is 325 g/mol. The van der Waals surface area contributed by atoms with Crippen LogP contribution >= 0.6 is 15.9 Å². The monoisotopic (exact) mass is 324 g/mol. The van der Waals surface area contributed by atoms with Crippen LogP contribution in [-0.2, 0) is 5.33 Å². The molecule has 98 valence electrons. The molecule has 0 atom stereocenters. The third-order valence-corrected chi connectivity index (χ3v) is 3.37. The number of halogens is 2. The van der Waals surface area contributed by atoms with Crippen LogP contribution in [0.15, 0.2) is 36.4 Å². The molecule has 1 heterocycles. The second-order valence-corrected chi connectivity index (χ2v) is 4.58. The second-order valence-electron chi connectivity index (χ2n) is 4.02. The molecule has 1 aliphatic rings. The Balaban J connectivity index is 1.85. The van der Waals surface area contributed by atoms with Crippen LogP contribution in [0.4, 0.5) is 4.39 Å². The van der Waals surface area contributed by atoms with Gasteiger partial charge in [-0.05, 0) is 29.8 Å². The van der Waals surface area contributed by atoms with Gasteiger partial charge in [-0.1, -0.05) is 22.0 Å². The first-order chi connectivity index (χ1) is 9.26. The molecule has 3 rings (SSSR count).